The highest BCUT2D eigenvalue weighted by Gasteiger charge is 2.20. The SMILES string of the molecule is c1cc(-c2cccc3ccccc23)cc(N(c2ccc3ccccc3c2)c2ccc3oc4cccc(-c5nc6ccccc6o5)c4c3c2)c1. The lowest BCUT2D eigenvalue weighted by Gasteiger charge is -2.26. The predicted molar refractivity (Wildman–Crippen MR) is 202 cm³/mol. The standard InChI is InChI=1S/C45H28N2O2/c1-2-12-31-26-34(23-22-29(31)10-1)47(33-15-7-14-32(27-33)37-17-8-13-30-11-3-4-16-36(30)37)35-24-25-41-39(28-35)44-38(18-9-21-43(44)48-41)45-46-40-19-5-6-20-42(40)49-45/h1-28H. The summed E-state index contributed by atoms with van der Waals surface area (Å²) in [5, 5.41) is 6.83. The van der Waals surface area contributed by atoms with Gasteiger partial charge in [-0.15, -0.1) is 0 Å². The Labute approximate surface area is 282 Å². The summed E-state index contributed by atoms with van der Waals surface area (Å²) in [6, 6.07) is 59.5. The van der Waals surface area contributed by atoms with Crippen molar-refractivity contribution >= 4 is 71.6 Å². The number of para-hydroxylation sites is 2. The van der Waals surface area contributed by atoms with Crippen molar-refractivity contribution in [3.63, 3.8) is 0 Å². The molecule has 0 spiro atoms. The summed E-state index contributed by atoms with van der Waals surface area (Å²) in [4.78, 5) is 7.18. The number of hydrogen-bond donors (Lipinski definition) is 0. The number of rotatable bonds is 5. The van der Waals surface area contributed by atoms with E-state index in [0.717, 1.165) is 61.2 Å². The molecule has 8 aromatic carbocycles. The molecule has 0 atom stereocenters. The van der Waals surface area contributed by atoms with E-state index in [1.807, 2.05) is 36.4 Å². The molecule has 0 unspecified atom stereocenters. The third-order valence-electron chi connectivity index (χ3n) is 9.46. The number of nitrogens with zero attached hydrogens (tertiary/aromatic N) is 2. The van der Waals surface area contributed by atoms with Crippen LogP contribution in [0.5, 0.6) is 0 Å². The van der Waals surface area contributed by atoms with Gasteiger partial charge in [0.05, 0.1) is 0 Å². The minimum atomic E-state index is 0.578. The van der Waals surface area contributed by atoms with Crippen LogP contribution < -0.4 is 4.90 Å². The average molecular weight is 629 g/mol. The first-order valence-electron chi connectivity index (χ1n) is 16.5. The first kappa shape index (κ1) is 27.5. The van der Waals surface area contributed by atoms with Crippen LogP contribution in [-0.2, 0) is 0 Å². The monoisotopic (exact) mass is 628 g/mol. The lowest BCUT2D eigenvalue weighted by Crippen LogP contribution is -2.10. The lowest BCUT2D eigenvalue weighted by atomic mass is 9.97. The zero-order valence-electron chi connectivity index (χ0n) is 26.4. The average Bonchev–Trinajstić information content (AvgIpc) is 3.77. The van der Waals surface area contributed by atoms with E-state index in [4.69, 9.17) is 13.8 Å². The van der Waals surface area contributed by atoms with E-state index >= 15 is 0 Å². The van der Waals surface area contributed by atoms with Crippen molar-refractivity contribution < 1.29 is 8.83 Å². The van der Waals surface area contributed by atoms with Gasteiger partial charge >= 0.3 is 0 Å². The van der Waals surface area contributed by atoms with Crippen LogP contribution in [0.25, 0.3) is 77.2 Å². The summed E-state index contributed by atoms with van der Waals surface area (Å²) in [6.45, 7) is 0. The van der Waals surface area contributed by atoms with Gasteiger partial charge in [0.2, 0.25) is 5.89 Å². The minimum Gasteiger partial charge on any atom is -0.456 e. The molecule has 0 aliphatic carbocycles. The second kappa shape index (κ2) is 11.0. The molecule has 0 aliphatic rings. The maximum absolute atomic E-state index is 6.42. The van der Waals surface area contributed by atoms with E-state index in [-0.39, 0.29) is 0 Å². The van der Waals surface area contributed by atoms with E-state index in [1.54, 1.807) is 0 Å². The predicted octanol–water partition coefficient (Wildman–Crippen LogP) is 12.8. The van der Waals surface area contributed by atoms with Gasteiger partial charge in [-0.3, -0.25) is 0 Å². The molecule has 0 fully saturated rings. The summed E-state index contributed by atoms with van der Waals surface area (Å²) in [5.74, 6) is 0.578. The van der Waals surface area contributed by atoms with Crippen LogP contribution in [0.15, 0.2) is 179 Å². The molecule has 0 saturated carbocycles. The third-order valence-corrected chi connectivity index (χ3v) is 9.46. The normalized spacial score (nSPS) is 11.7. The maximum atomic E-state index is 6.42. The van der Waals surface area contributed by atoms with Crippen molar-refractivity contribution in [3.8, 4) is 22.6 Å². The highest BCUT2D eigenvalue weighted by molar-refractivity contribution is 6.13. The number of hydrogen-bond acceptors (Lipinski definition) is 4. The van der Waals surface area contributed by atoms with E-state index in [9.17, 15) is 0 Å². The lowest BCUT2D eigenvalue weighted by molar-refractivity contribution is 0.620. The Bertz CT molecular complexity index is 2820. The molecule has 10 rings (SSSR count). The summed E-state index contributed by atoms with van der Waals surface area (Å²) in [6.07, 6.45) is 0. The molecule has 2 heterocycles. The Morgan fingerprint density at radius 3 is 2.04 bits per heavy atom. The van der Waals surface area contributed by atoms with Gasteiger partial charge in [0.25, 0.3) is 0 Å². The highest BCUT2D eigenvalue weighted by atomic mass is 16.3. The van der Waals surface area contributed by atoms with E-state index in [2.05, 4.69) is 138 Å². The fraction of sp³-hybridized carbons (Fsp3) is 0. The molecule has 0 aliphatic heterocycles. The number of aromatic nitrogens is 1. The molecule has 0 N–H and O–H groups in total. The van der Waals surface area contributed by atoms with Crippen molar-refractivity contribution in [1.29, 1.82) is 0 Å². The van der Waals surface area contributed by atoms with Gasteiger partial charge in [0.15, 0.2) is 5.58 Å². The van der Waals surface area contributed by atoms with Crippen LogP contribution in [0.2, 0.25) is 0 Å². The molecule has 230 valence electrons. The molecule has 10 aromatic rings. The molecule has 49 heavy (non-hydrogen) atoms. The van der Waals surface area contributed by atoms with Crippen LogP contribution in [0.3, 0.4) is 0 Å². The largest absolute Gasteiger partial charge is 0.456 e. The maximum Gasteiger partial charge on any atom is 0.228 e. The zero-order chi connectivity index (χ0) is 32.3. The van der Waals surface area contributed by atoms with Crippen molar-refractivity contribution in [2.75, 3.05) is 4.90 Å². The molecule has 4 heteroatoms. The first-order chi connectivity index (χ1) is 24.3. The fourth-order valence-electron chi connectivity index (χ4n) is 7.17. The van der Waals surface area contributed by atoms with Gasteiger partial charge in [-0.05, 0) is 99.4 Å². The smallest absolute Gasteiger partial charge is 0.228 e. The van der Waals surface area contributed by atoms with Crippen molar-refractivity contribution in [1.82, 2.24) is 4.98 Å². The topological polar surface area (TPSA) is 42.4 Å². The Morgan fingerprint density at radius 1 is 0.408 bits per heavy atom. The highest BCUT2D eigenvalue weighted by Crippen LogP contribution is 2.43. The Morgan fingerprint density at radius 2 is 1.10 bits per heavy atom. The minimum absolute atomic E-state index is 0.578. The molecule has 0 bridgehead atoms. The summed E-state index contributed by atoms with van der Waals surface area (Å²) in [5.41, 5.74) is 9.62. The first-order valence-corrected chi connectivity index (χ1v) is 16.5. The fourth-order valence-corrected chi connectivity index (χ4v) is 7.17. The van der Waals surface area contributed by atoms with Gasteiger partial charge < -0.3 is 13.7 Å². The summed E-state index contributed by atoms with van der Waals surface area (Å²) < 4.78 is 12.7. The number of oxazole rings is 1. The van der Waals surface area contributed by atoms with Crippen LogP contribution in [-0.4, -0.2) is 4.98 Å². The van der Waals surface area contributed by atoms with Gasteiger partial charge in [-0.1, -0.05) is 103 Å². The molecule has 0 radical (unpaired) electrons. The van der Waals surface area contributed by atoms with Gasteiger partial charge in [0, 0.05) is 33.4 Å². The summed E-state index contributed by atoms with van der Waals surface area (Å²) >= 11 is 0. The molecular formula is C45H28N2O2. The van der Waals surface area contributed by atoms with Crippen molar-refractivity contribution in [3.05, 3.63) is 170 Å². The quantitative estimate of drug-likeness (QED) is 0.190. The second-order valence-electron chi connectivity index (χ2n) is 12.4. The zero-order valence-corrected chi connectivity index (χ0v) is 26.4. The molecule has 4 nitrogen and oxygen atoms in total. The third kappa shape index (κ3) is 4.57. The van der Waals surface area contributed by atoms with Gasteiger partial charge in [-0.2, -0.15) is 0 Å². The van der Waals surface area contributed by atoms with E-state index in [0.29, 0.717) is 5.89 Å². The van der Waals surface area contributed by atoms with Gasteiger partial charge in [-0.25, -0.2) is 4.98 Å². The second-order valence-corrected chi connectivity index (χ2v) is 12.4. The Kier molecular flexibility index (Phi) is 6.15. The molecular weight excluding hydrogens is 601 g/mol. The van der Waals surface area contributed by atoms with Crippen molar-refractivity contribution in [2.24, 2.45) is 0 Å². The molecule has 2 aromatic heterocycles. The number of benzene rings is 8. The number of anilines is 3. The van der Waals surface area contributed by atoms with E-state index in [1.165, 1.54) is 27.1 Å². The number of fused-ring (bicyclic) bond motifs is 6. The Hall–Kier alpha value is -6.65. The molecule has 0 amide bonds. The summed E-state index contributed by atoms with van der Waals surface area (Å²) in [7, 11) is 0. The molecule has 0 saturated heterocycles. The van der Waals surface area contributed by atoms with Gasteiger partial charge in [0.1, 0.15) is 16.7 Å². The van der Waals surface area contributed by atoms with Crippen molar-refractivity contribution in [2.45, 2.75) is 0 Å². The number of furan rings is 1. The van der Waals surface area contributed by atoms with Crippen LogP contribution >= 0.6 is 0 Å². The Balaban J connectivity index is 1.19. The van der Waals surface area contributed by atoms with Crippen LogP contribution in [0.1, 0.15) is 0 Å². The van der Waals surface area contributed by atoms with Crippen LogP contribution in [0, 0.1) is 0 Å². The van der Waals surface area contributed by atoms with E-state index < -0.39 is 0 Å². The van der Waals surface area contributed by atoms with Crippen LogP contribution in [0.4, 0.5) is 17.1 Å².